The lowest BCUT2D eigenvalue weighted by molar-refractivity contribution is -0.143. The Hall–Kier alpha value is -2.44. The highest BCUT2D eigenvalue weighted by Crippen LogP contribution is 2.27. The van der Waals surface area contributed by atoms with Crippen molar-refractivity contribution in [2.75, 3.05) is 32.7 Å². The lowest BCUT2D eigenvalue weighted by atomic mass is 9.94. The molecule has 0 spiro atoms. The van der Waals surface area contributed by atoms with Crippen molar-refractivity contribution in [1.29, 1.82) is 0 Å². The molecule has 160 valence electrons. The van der Waals surface area contributed by atoms with Crippen LogP contribution in [0.5, 0.6) is 0 Å². The number of halogens is 1. The fourth-order valence-electron chi connectivity index (χ4n) is 4.36. The van der Waals surface area contributed by atoms with Crippen molar-refractivity contribution in [1.82, 2.24) is 20.1 Å². The number of piperazine rings is 1. The van der Waals surface area contributed by atoms with Gasteiger partial charge in [-0.25, -0.2) is 0 Å². The summed E-state index contributed by atoms with van der Waals surface area (Å²) in [5.41, 5.74) is 2.07. The van der Waals surface area contributed by atoms with Crippen molar-refractivity contribution >= 4 is 24.2 Å². The molecule has 2 unspecified atom stereocenters. The molecule has 0 radical (unpaired) electrons. The summed E-state index contributed by atoms with van der Waals surface area (Å²) in [6.07, 6.45) is 5.71. The highest BCUT2D eigenvalue weighted by atomic mass is 35.5. The molecule has 6 nitrogen and oxygen atoms in total. The van der Waals surface area contributed by atoms with E-state index in [1.165, 1.54) is 0 Å². The van der Waals surface area contributed by atoms with Gasteiger partial charge in [-0.3, -0.25) is 14.6 Å². The third-order valence-electron chi connectivity index (χ3n) is 5.92. The zero-order valence-electron chi connectivity index (χ0n) is 17.1. The van der Waals surface area contributed by atoms with E-state index in [4.69, 9.17) is 0 Å². The lowest BCUT2D eigenvalue weighted by Crippen LogP contribution is -2.53. The maximum atomic E-state index is 13.4. The molecule has 30 heavy (non-hydrogen) atoms. The molecule has 2 atom stereocenters. The van der Waals surface area contributed by atoms with Crippen LogP contribution in [0, 0.1) is 5.92 Å². The van der Waals surface area contributed by atoms with Crippen LogP contribution in [-0.2, 0) is 16.0 Å². The number of aromatic nitrogens is 1. The summed E-state index contributed by atoms with van der Waals surface area (Å²) in [6.45, 7) is 3.48. The van der Waals surface area contributed by atoms with E-state index in [1.807, 2.05) is 58.5 Å². The summed E-state index contributed by atoms with van der Waals surface area (Å²) in [6, 6.07) is 13.8. The van der Waals surface area contributed by atoms with Crippen molar-refractivity contribution in [2.45, 2.75) is 25.3 Å². The van der Waals surface area contributed by atoms with E-state index < -0.39 is 0 Å². The van der Waals surface area contributed by atoms with Crippen LogP contribution in [-0.4, -0.2) is 59.3 Å². The van der Waals surface area contributed by atoms with E-state index in [0.717, 1.165) is 43.6 Å². The number of piperidine rings is 1. The summed E-state index contributed by atoms with van der Waals surface area (Å²) >= 11 is 0. The van der Waals surface area contributed by atoms with Gasteiger partial charge in [0, 0.05) is 45.1 Å². The van der Waals surface area contributed by atoms with E-state index >= 15 is 0 Å². The van der Waals surface area contributed by atoms with Crippen LogP contribution in [0.4, 0.5) is 0 Å². The van der Waals surface area contributed by atoms with Crippen LogP contribution in [0.15, 0.2) is 54.9 Å². The Kier molecular flexibility index (Phi) is 7.82. The van der Waals surface area contributed by atoms with Gasteiger partial charge < -0.3 is 15.1 Å². The van der Waals surface area contributed by atoms with Gasteiger partial charge in [-0.15, -0.1) is 12.4 Å². The molecule has 0 saturated carbocycles. The van der Waals surface area contributed by atoms with Gasteiger partial charge in [0.1, 0.15) is 0 Å². The van der Waals surface area contributed by atoms with Crippen LogP contribution < -0.4 is 5.32 Å². The molecule has 3 heterocycles. The molecule has 2 fully saturated rings. The molecule has 4 rings (SSSR count). The first kappa shape index (κ1) is 22.2. The molecule has 2 aliphatic rings. The van der Waals surface area contributed by atoms with Gasteiger partial charge in [0.15, 0.2) is 0 Å². The summed E-state index contributed by atoms with van der Waals surface area (Å²) in [4.78, 5) is 34.3. The molecule has 1 N–H and O–H groups in total. The minimum atomic E-state index is -0.124. The normalized spacial score (nSPS) is 21.6. The number of benzene rings is 1. The van der Waals surface area contributed by atoms with E-state index in [1.54, 1.807) is 6.20 Å². The maximum Gasteiger partial charge on any atom is 0.228 e. The number of rotatable bonds is 4. The first-order valence-electron chi connectivity index (χ1n) is 10.4. The molecular weight excluding hydrogens is 400 g/mol. The van der Waals surface area contributed by atoms with E-state index in [2.05, 4.69) is 10.3 Å². The van der Waals surface area contributed by atoms with Crippen LogP contribution in [0.1, 0.15) is 30.0 Å². The number of likely N-dealkylation sites (tertiary alicyclic amines) is 1. The van der Waals surface area contributed by atoms with Gasteiger partial charge in [0.25, 0.3) is 0 Å². The van der Waals surface area contributed by atoms with Crippen LogP contribution in [0.3, 0.4) is 0 Å². The van der Waals surface area contributed by atoms with Crippen LogP contribution in [0.25, 0.3) is 0 Å². The van der Waals surface area contributed by atoms with Crippen molar-refractivity contribution in [3.8, 4) is 0 Å². The molecule has 0 aliphatic carbocycles. The smallest absolute Gasteiger partial charge is 0.228 e. The molecule has 2 aliphatic heterocycles. The Morgan fingerprint density at radius 3 is 2.70 bits per heavy atom. The molecule has 2 saturated heterocycles. The Morgan fingerprint density at radius 1 is 1.10 bits per heavy atom. The average Bonchev–Trinajstić information content (AvgIpc) is 2.80. The van der Waals surface area contributed by atoms with Crippen LogP contribution in [0.2, 0.25) is 0 Å². The molecule has 2 amide bonds. The van der Waals surface area contributed by atoms with Crippen molar-refractivity contribution in [2.24, 2.45) is 5.92 Å². The number of hydrogen-bond donors (Lipinski definition) is 1. The molecule has 1 aromatic heterocycles. The second-order valence-electron chi connectivity index (χ2n) is 7.88. The fraction of sp³-hybridized carbons (Fsp3) is 0.435. The average molecular weight is 429 g/mol. The van der Waals surface area contributed by atoms with Crippen molar-refractivity contribution in [3.05, 3.63) is 66.0 Å². The van der Waals surface area contributed by atoms with E-state index in [0.29, 0.717) is 19.5 Å². The predicted molar refractivity (Wildman–Crippen MR) is 118 cm³/mol. The minimum absolute atomic E-state index is 0. The van der Waals surface area contributed by atoms with Crippen molar-refractivity contribution < 1.29 is 9.59 Å². The maximum absolute atomic E-state index is 13.4. The third-order valence-corrected chi connectivity index (χ3v) is 5.92. The van der Waals surface area contributed by atoms with Crippen molar-refractivity contribution in [3.63, 3.8) is 0 Å². The van der Waals surface area contributed by atoms with Gasteiger partial charge in [-0.05, 0) is 30.0 Å². The van der Waals surface area contributed by atoms with Gasteiger partial charge in [-0.2, -0.15) is 0 Å². The summed E-state index contributed by atoms with van der Waals surface area (Å²) in [5.74, 6) is 0.149. The highest BCUT2D eigenvalue weighted by Gasteiger charge is 2.35. The number of carbonyl (C=O) groups excluding carboxylic acids is 2. The van der Waals surface area contributed by atoms with Gasteiger partial charge in [0.2, 0.25) is 11.8 Å². The third kappa shape index (κ3) is 5.18. The van der Waals surface area contributed by atoms with Gasteiger partial charge in [-0.1, -0.05) is 36.4 Å². The van der Waals surface area contributed by atoms with Crippen LogP contribution >= 0.6 is 12.4 Å². The number of pyridine rings is 1. The lowest BCUT2D eigenvalue weighted by Gasteiger charge is -2.40. The monoisotopic (exact) mass is 428 g/mol. The first-order valence-corrected chi connectivity index (χ1v) is 10.4. The van der Waals surface area contributed by atoms with E-state index in [-0.39, 0.29) is 36.2 Å². The summed E-state index contributed by atoms with van der Waals surface area (Å²) in [7, 11) is 0. The summed E-state index contributed by atoms with van der Waals surface area (Å²) in [5, 5.41) is 3.39. The SMILES string of the molecule is Cl.O=C(Cc1ccccc1)N1CCCC(C(=O)N2CCNCC2c2cccnc2)C1. The van der Waals surface area contributed by atoms with E-state index in [9.17, 15) is 9.59 Å². The predicted octanol–water partition coefficient (Wildman–Crippen LogP) is 2.46. The molecule has 2 aromatic rings. The zero-order chi connectivity index (χ0) is 20.1. The number of nitrogens with zero attached hydrogens (tertiary/aromatic N) is 3. The molecule has 1 aromatic carbocycles. The zero-order valence-corrected chi connectivity index (χ0v) is 17.9. The van der Waals surface area contributed by atoms with Gasteiger partial charge >= 0.3 is 0 Å². The Bertz CT molecular complexity index is 834. The molecular formula is C23H29ClN4O2. The quantitative estimate of drug-likeness (QED) is 0.812. The van der Waals surface area contributed by atoms with Gasteiger partial charge in [0.05, 0.1) is 18.4 Å². The fourth-order valence-corrected chi connectivity index (χ4v) is 4.36. The number of nitrogens with one attached hydrogen (secondary N) is 1. The number of hydrogen-bond acceptors (Lipinski definition) is 4. The number of carbonyl (C=O) groups is 2. The second-order valence-corrected chi connectivity index (χ2v) is 7.88. The second kappa shape index (κ2) is 10.5. The Morgan fingerprint density at radius 2 is 1.93 bits per heavy atom. The summed E-state index contributed by atoms with van der Waals surface area (Å²) < 4.78 is 0. The Labute approximate surface area is 184 Å². The number of amides is 2. The Balaban J connectivity index is 0.00000256. The highest BCUT2D eigenvalue weighted by molar-refractivity contribution is 5.85. The first-order chi connectivity index (χ1) is 14.2. The standard InChI is InChI=1S/C23H28N4O2.ClH/c28-22(14-18-6-2-1-3-7-18)26-12-5-9-20(17-26)23(29)27-13-11-25-16-21(27)19-8-4-10-24-15-19;/h1-4,6-8,10,15,20-21,25H,5,9,11-14,16-17H2;1H. The molecule has 7 heteroatoms. The topological polar surface area (TPSA) is 65.5 Å². The largest absolute Gasteiger partial charge is 0.342 e. The minimum Gasteiger partial charge on any atom is -0.342 e. The molecule has 0 bridgehead atoms.